The summed E-state index contributed by atoms with van der Waals surface area (Å²) in [5, 5.41) is 31.0. The number of nitrogens with zero attached hydrogens (tertiary/aromatic N) is 4. The first-order valence-electron chi connectivity index (χ1n) is 9.86. The molecule has 2 aromatic carbocycles. The van der Waals surface area contributed by atoms with Crippen molar-refractivity contribution in [2.24, 2.45) is 0 Å². The Kier molecular flexibility index (Phi) is 7.77. The third-order valence-corrected chi connectivity index (χ3v) is 5.57. The van der Waals surface area contributed by atoms with Crippen LogP contribution >= 0.6 is 27.5 Å². The van der Waals surface area contributed by atoms with Crippen molar-refractivity contribution in [2.75, 3.05) is 48.9 Å². The fraction of sp³-hybridized carbons (Fsp3) is 0.350. The number of halogens is 2. The summed E-state index contributed by atoms with van der Waals surface area (Å²) in [7, 11) is 0. The van der Waals surface area contributed by atoms with Crippen molar-refractivity contribution in [3.8, 4) is 11.4 Å². The summed E-state index contributed by atoms with van der Waals surface area (Å²) >= 11 is 9.76. The number of aliphatic hydroxyl groups is 2. The van der Waals surface area contributed by atoms with Crippen molar-refractivity contribution >= 4 is 61.5 Å². The van der Waals surface area contributed by atoms with Gasteiger partial charge in [-0.1, -0.05) is 11.6 Å². The van der Waals surface area contributed by atoms with Crippen molar-refractivity contribution in [2.45, 2.75) is 13.8 Å². The maximum atomic E-state index is 11.9. The number of fused-ring (bicyclic) bond motifs is 1. The van der Waals surface area contributed by atoms with E-state index in [-0.39, 0.29) is 37.2 Å². The first kappa shape index (κ1) is 24.1. The Balaban J connectivity index is 2.25. The second kappa shape index (κ2) is 10.3. The minimum Gasteiger partial charge on any atom is -0.492 e. The minimum absolute atomic E-state index is 0.122. The smallest absolute Gasteiger partial charge is 0.221 e. The molecular weight excluding hydrogens is 504 g/mol. The molecule has 0 spiro atoms. The van der Waals surface area contributed by atoms with E-state index >= 15 is 0 Å². The van der Waals surface area contributed by atoms with E-state index in [1.807, 2.05) is 6.92 Å². The quantitative estimate of drug-likeness (QED) is 0.311. The molecule has 0 bridgehead atoms. The minimum atomic E-state index is -0.294. The maximum absolute atomic E-state index is 11.9. The van der Waals surface area contributed by atoms with E-state index in [0.29, 0.717) is 50.6 Å². The summed E-state index contributed by atoms with van der Waals surface area (Å²) in [6, 6.07) is 5.04. The molecule has 0 aliphatic rings. The van der Waals surface area contributed by atoms with E-state index in [9.17, 15) is 15.0 Å². The number of anilines is 3. The number of carbonyl (C=O) groups is 1. The highest BCUT2D eigenvalue weighted by Gasteiger charge is 2.21. The number of hydrogen-bond donors (Lipinski definition) is 4. The van der Waals surface area contributed by atoms with Crippen LogP contribution in [-0.4, -0.2) is 64.0 Å². The van der Waals surface area contributed by atoms with Gasteiger partial charge in [0.15, 0.2) is 0 Å². The maximum Gasteiger partial charge on any atom is 0.221 e. The van der Waals surface area contributed by atoms with Crippen LogP contribution in [0, 0.1) is 0 Å². The van der Waals surface area contributed by atoms with E-state index in [2.05, 4.69) is 31.4 Å². The molecule has 0 aliphatic heterocycles. The van der Waals surface area contributed by atoms with Gasteiger partial charge in [0.25, 0.3) is 0 Å². The Hall–Kier alpha value is -2.60. The normalized spacial score (nSPS) is 11.1. The molecule has 1 heterocycles. The molecule has 0 aliphatic carbocycles. The molecule has 1 amide bonds. The second-order valence-corrected chi connectivity index (χ2v) is 8.07. The first-order chi connectivity index (χ1) is 15.3. The molecule has 0 saturated heterocycles. The zero-order chi connectivity index (χ0) is 23.4. The van der Waals surface area contributed by atoms with E-state index in [0.717, 1.165) is 0 Å². The predicted molar refractivity (Wildman–Crippen MR) is 128 cm³/mol. The van der Waals surface area contributed by atoms with Gasteiger partial charge in [0.05, 0.1) is 41.9 Å². The van der Waals surface area contributed by atoms with Crippen LogP contribution in [0.15, 0.2) is 22.7 Å². The Morgan fingerprint density at radius 2 is 1.91 bits per heavy atom. The highest BCUT2D eigenvalue weighted by molar-refractivity contribution is 9.10. The second-order valence-electron chi connectivity index (χ2n) is 6.83. The van der Waals surface area contributed by atoms with E-state index < -0.39 is 0 Å². The number of benzene rings is 2. The number of nitrogen functional groups attached to an aromatic ring is 1. The molecule has 0 radical (unpaired) electrons. The summed E-state index contributed by atoms with van der Waals surface area (Å²) in [5.74, 6) is 0.182. The van der Waals surface area contributed by atoms with Crippen LogP contribution in [0.3, 0.4) is 0 Å². The molecular formula is C20H24BrClN6O4. The van der Waals surface area contributed by atoms with Gasteiger partial charge in [0, 0.05) is 30.6 Å². The fourth-order valence-corrected chi connectivity index (χ4v) is 3.95. The number of carbonyl (C=O) groups excluding carboxylic acids is 1. The number of ether oxygens (including phenoxy) is 1. The Morgan fingerprint density at radius 3 is 2.50 bits per heavy atom. The molecule has 0 atom stereocenters. The summed E-state index contributed by atoms with van der Waals surface area (Å²) in [5.41, 5.74) is 8.66. The highest BCUT2D eigenvalue weighted by Crippen LogP contribution is 2.38. The van der Waals surface area contributed by atoms with Gasteiger partial charge in [-0.25, -0.2) is 0 Å². The first-order valence-corrected chi connectivity index (χ1v) is 11.0. The molecule has 10 nitrogen and oxygen atoms in total. The molecule has 0 unspecified atom stereocenters. The summed E-state index contributed by atoms with van der Waals surface area (Å²) < 4.78 is 6.46. The third kappa shape index (κ3) is 4.90. The lowest BCUT2D eigenvalue weighted by atomic mass is 10.2. The molecule has 0 fully saturated rings. The summed E-state index contributed by atoms with van der Waals surface area (Å²) in [6.45, 7) is 3.90. The van der Waals surface area contributed by atoms with Crippen LogP contribution in [0.5, 0.6) is 5.75 Å². The molecule has 32 heavy (non-hydrogen) atoms. The van der Waals surface area contributed by atoms with Crippen LogP contribution in [0.2, 0.25) is 5.02 Å². The number of nitrogens with two attached hydrogens (primary N) is 1. The van der Waals surface area contributed by atoms with Crippen molar-refractivity contribution in [1.29, 1.82) is 0 Å². The molecule has 3 rings (SSSR count). The van der Waals surface area contributed by atoms with Gasteiger partial charge in [-0.3, -0.25) is 4.79 Å². The van der Waals surface area contributed by atoms with Crippen molar-refractivity contribution < 1.29 is 19.7 Å². The summed E-state index contributed by atoms with van der Waals surface area (Å²) in [4.78, 5) is 15.0. The molecule has 1 aromatic heterocycles. The van der Waals surface area contributed by atoms with Crippen molar-refractivity contribution in [3.05, 3.63) is 27.7 Å². The molecule has 172 valence electrons. The predicted octanol–water partition coefficient (Wildman–Crippen LogP) is 2.57. The zero-order valence-electron chi connectivity index (χ0n) is 17.6. The highest BCUT2D eigenvalue weighted by atomic mass is 79.9. The largest absolute Gasteiger partial charge is 0.492 e. The lowest BCUT2D eigenvalue weighted by molar-refractivity contribution is -0.114. The number of amides is 1. The van der Waals surface area contributed by atoms with Gasteiger partial charge in [0.1, 0.15) is 22.5 Å². The molecule has 12 heteroatoms. The standard InChI is InChI=1S/C20H24BrClN6O4/c1-3-32-17-10-15(28-25-19-12(21)8-13(23)18(22)20(19)26-28)14(24-11(2)31)9-16(17)27(4-6-29)5-7-30/h8-10,29-30H,3-7,23H2,1-2H3,(H,24,31). The zero-order valence-corrected chi connectivity index (χ0v) is 19.9. The Bertz CT molecular complexity index is 1130. The lowest BCUT2D eigenvalue weighted by Crippen LogP contribution is -2.30. The Labute approximate surface area is 198 Å². The van der Waals surface area contributed by atoms with Crippen LogP contribution in [0.25, 0.3) is 16.7 Å². The van der Waals surface area contributed by atoms with E-state index in [1.54, 1.807) is 23.1 Å². The van der Waals surface area contributed by atoms with Crippen molar-refractivity contribution in [3.63, 3.8) is 0 Å². The SMILES string of the molecule is CCOc1cc(-n2nc3c(Br)cc(N)c(Cl)c3n2)c(NC(C)=O)cc1N(CCO)CCO. The fourth-order valence-electron chi connectivity index (χ4n) is 3.25. The van der Waals surface area contributed by atoms with Crippen LogP contribution in [0.4, 0.5) is 17.1 Å². The number of aromatic nitrogens is 3. The van der Waals surface area contributed by atoms with Gasteiger partial charge in [-0.05, 0) is 35.0 Å². The van der Waals surface area contributed by atoms with Gasteiger partial charge in [-0.15, -0.1) is 15.0 Å². The lowest BCUT2D eigenvalue weighted by Gasteiger charge is -2.27. The number of aliphatic hydroxyl groups excluding tert-OH is 2. The van der Waals surface area contributed by atoms with Gasteiger partial charge < -0.3 is 30.9 Å². The third-order valence-electron chi connectivity index (χ3n) is 4.57. The van der Waals surface area contributed by atoms with E-state index in [4.69, 9.17) is 22.1 Å². The van der Waals surface area contributed by atoms with Gasteiger partial charge in [-0.2, -0.15) is 0 Å². The number of rotatable bonds is 9. The number of hydrogen-bond acceptors (Lipinski definition) is 8. The average molecular weight is 528 g/mol. The van der Waals surface area contributed by atoms with Crippen LogP contribution in [-0.2, 0) is 4.79 Å². The monoisotopic (exact) mass is 526 g/mol. The molecule has 3 aromatic rings. The van der Waals surface area contributed by atoms with Crippen molar-refractivity contribution in [1.82, 2.24) is 15.0 Å². The Morgan fingerprint density at radius 1 is 1.25 bits per heavy atom. The molecule has 5 N–H and O–H groups in total. The van der Waals surface area contributed by atoms with Gasteiger partial charge >= 0.3 is 0 Å². The van der Waals surface area contributed by atoms with E-state index in [1.165, 1.54) is 11.7 Å². The summed E-state index contributed by atoms with van der Waals surface area (Å²) in [6.07, 6.45) is 0. The topological polar surface area (TPSA) is 139 Å². The molecule has 0 saturated carbocycles. The van der Waals surface area contributed by atoms with Crippen LogP contribution in [0.1, 0.15) is 13.8 Å². The van der Waals surface area contributed by atoms with Gasteiger partial charge in [0.2, 0.25) is 5.91 Å². The number of nitrogens with one attached hydrogen (secondary N) is 1. The van der Waals surface area contributed by atoms with Crippen LogP contribution < -0.4 is 20.7 Å². The average Bonchev–Trinajstić information content (AvgIpc) is 3.18.